The highest BCUT2D eigenvalue weighted by molar-refractivity contribution is 6.33. The van der Waals surface area contributed by atoms with Crippen LogP contribution in [-0.4, -0.2) is 113 Å². The van der Waals surface area contributed by atoms with Crippen molar-refractivity contribution < 1.29 is 28.7 Å². The third-order valence-electron chi connectivity index (χ3n) is 10.8. The number of benzene rings is 2. The highest BCUT2D eigenvalue weighted by atomic mass is 35.5. The maximum absolute atomic E-state index is 13.0. The molecule has 0 saturated carbocycles. The lowest BCUT2D eigenvalue weighted by Gasteiger charge is -2.32. The van der Waals surface area contributed by atoms with Gasteiger partial charge >= 0.3 is 12.2 Å². The van der Waals surface area contributed by atoms with Crippen LogP contribution >= 0.6 is 34.8 Å². The normalized spacial score (nSPS) is 14.1. The zero-order chi connectivity index (χ0) is 52.7. The van der Waals surface area contributed by atoms with Crippen LogP contribution in [0, 0.1) is 0 Å². The van der Waals surface area contributed by atoms with Crippen LogP contribution in [0.5, 0.6) is 0 Å². The first-order valence-electron chi connectivity index (χ1n) is 23.5. The molecule has 0 aliphatic carbocycles. The number of nitrogens with one attached hydrogen (secondary N) is 3. The summed E-state index contributed by atoms with van der Waals surface area (Å²) in [6.45, 7) is 13.4. The van der Waals surface area contributed by atoms with Crippen LogP contribution < -0.4 is 21.7 Å². The highest BCUT2D eigenvalue weighted by Crippen LogP contribution is 2.28. The fourth-order valence-corrected chi connectivity index (χ4v) is 7.84. The number of aromatic nitrogens is 6. The summed E-state index contributed by atoms with van der Waals surface area (Å²) in [5.41, 5.74) is 9.93. The van der Waals surface area contributed by atoms with E-state index in [9.17, 15) is 19.2 Å². The van der Waals surface area contributed by atoms with E-state index in [1.54, 1.807) is 121 Å². The molecule has 2 aliphatic heterocycles. The third-order valence-corrected chi connectivity index (χ3v) is 11.6. The quantitative estimate of drug-likeness (QED) is 0.104. The molecule has 0 unspecified atom stereocenters. The molecule has 4 aromatic heterocycles. The van der Waals surface area contributed by atoms with E-state index in [0.717, 1.165) is 36.8 Å². The maximum atomic E-state index is 13.0. The van der Waals surface area contributed by atoms with Crippen molar-refractivity contribution in [1.29, 1.82) is 0 Å². The van der Waals surface area contributed by atoms with Gasteiger partial charge in [0.25, 0.3) is 11.8 Å². The first kappa shape index (κ1) is 55.3. The molecule has 8 rings (SSSR count). The number of nitrogens with two attached hydrogens (primary N) is 1. The molecule has 0 radical (unpaired) electrons. The summed E-state index contributed by atoms with van der Waals surface area (Å²) in [5.74, 6) is 0.454. The summed E-state index contributed by atoms with van der Waals surface area (Å²) in [4.78, 5) is 77.4. The van der Waals surface area contributed by atoms with Gasteiger partial charge in [0, 0.05) is 96.7 Å². The van der Waals surface area contributed by atoms with E-state index in [-0.39, 0.29) is 29.2 Å². The second-order valence-corrected chi connectivity index (χ2v) is 20.1. The SMILES string of the molecule is CC(C)(C)OC(=O)Nc1ccc(C(=O)N2CCC(N)CC2)cc1.CC(C)(C)OC(=O)Nc1ccc(C(=O)N2CCC(Nc3ncc(Cl)c(-c4cccnc4)n3)CC2)cc1.Clc1ncc(Cl)c(-c2cccnc2)n1. The summed E-state index contributed by atoms with van der Waals surface area (Å²) in [5, 5.41) is 9.78. The molecule has 2 aliphatic rings. The topological polar surface area (TPSA) is 233 Å². The number of likely N-dealkylation sites (tertiary alicyclic amines) is 2. The smallest absolute Gasteiger partial charge is 0.412 e. The number of halogens is 3. The number of nitrogens with zero attached hydrogens (tertiary/aromatic N) is 8. The fourth-order valence-electron chi connectivity index (χ4n) is 7.31. The summed E-state index contributed by atoms with van der Waals surface area (Å²) >= 11 is 17.9. The Kier molecular flexibility index (Phi) is 19.4. The van der Waals surface area contributed by atoms with Gasteiger partial charge in [0.15, 0.2) is 0 Å². The van der Waals surface area contributed by atoms with Gasteiger partial charge < -0.3 is 30.3 Å². The summed E-state index contributed by atoms with van der Waals surface area (Å²) in [6.07, 6.45) is 12.0. The van der Waals surface area contributed by atoms with Crippen LogP contribution in [0.25, 0.3) is 22.5 Å². The van der Waals surface area contributed by atoms with Crippen molar-refractivity contribution in [1.82, 2.24) is 39.7 Å². The Morgan fingerprint density at radius 1 is 0.589 bits per heavy atom. The van der Waals surface area contributed by atoms with E-state index in [2.05, 4.69) is 45.9 Å². The van der Waals surface area contributed by atoms with Crippen LogP contribution in [-0.2, 0) is 9.47 Å². The van der Waals surface area contributed by atoms with Crippen molar-refractivity contribution in [2.45, 2.75) is 90.5 Å². The Bertz CT molecular complexity index is 2790. The monoisotopic (exact) mass is 1050 g/mol. The first-order chi connectivity index (χ1) is 34.7. The summed E-state index contributed by atoms with van der Waals surface area (Å²) in [6, 6.07) is 21.4. The molecule has 2 saturated heterocycles. The summed E-state index contributed by atoms with van der Waals surface area (Å²) < 4.78 is 10.4. The van der Waals surface area contributed by atoms with Crippen molar-refractivity contribution in [3.8, 4) is 22.5 Å². The van der Waals surface area contributed by atoms with Crippen LogP contribution in [0.15, 0.2) is 110 Å². The fraction of sp³-hybridized carbons (Fsp3) is 0.346. The Labute approximate surface area is 439 Å². The molecular weight excluding hydrogens is 995 g/mol. The molecule has 384 valence electrons. The second-order valence-electron chi connectivity index (χ2n) is 19.0. The lowest BCUT2D eigenvalue weighted by Crippen LogP contribution is -2.42. The number of rotatable bonds is 8. The van der Waals surface area contributed by atoms with Gasteiger partial charge in [-0.3, -0.25) is 30.2 Å². The first-order valence-corrected chi connectivity index (χ1v) is 24.6. The van der Waals surface area contributed by atoms with E-state index in [4.69, 9.17) is 50.0 Å². The van der Waals surface area contributed by atoms with Gasteiger partial charge in [-0.25, -0.2) is 29.5 Å². The largest absolute Gasteiger partial charge is 0.444 e. The van der Waals surface area contributed by atoms with Gasteiger partial charge in [-0.15, -0.1) is 0 Å². The number of anilines is 3. The van der Waals surface area contributed by atoms with Gasteiger partial charge in [-0.1, -0.05) is 23.2 Å². The van der Waals surface area contributed by atoms with Gasteiger partial charge in [0.05, 0.1) is 33.8 Å². The lowest BCUT2D eigenvalue weighted by atomic mass is 10.0. The van der Waals surface area contributed by atoms with Crippen molar-refractivity contribution in [3.63, 3.8) is 0 Å². The average Bonchev–Trinajstić information content (AvgIpc) is 3.35. The molecule has 2 aromatic carbocycles. The van der Waals surface area contributed by atoms with Crippen LogP contribution in [0.1, 0.15) is 87.9 Å². The van der Waals surface area contributed by atoms with E-state index >= 15 is 0 Å². The third kappa shape index (κ3) is 17.6. The molecule has 0 atom stereocenters. The number of hydrogen-bond donors (Lipinski definition) is 4. The maximum Gasteiger partial charge on any atom is 0.412 e. The molecule has 21 heteroatoms. The van der Waals surface area contributed by atoms with Crippen molar-refractivity contribution in [2.24, 2.45) is 5.73 Å². The summed E-state index contributed by atoms with van der Waals surface area (Å²) in [7, 11) is 0. The zero-order valence-corrected chi connectivity index (χ0v) is 43.7. The van der Waals surface area contributed by atoms with Gasteiger partial charge in [-0.05, 0) is 152 Å². The number of ether oxygens (including phenoxy) is 2. The molecule has 5 N–H and O–H groups in total. The molecule has 2 fully saturated rings. The van der Waals surface area contributed by atoms with Crippen molar-refractivity contribution in [3.05, 3.63) is 136 Å². The molecule has 6 aromatic rings. The molecule has 0 spiro atoms. The molecule has 0 bridgehead atoms. The second kappa shape index (κ2) is 25.6. The molecule has 73 heavy (non-hydrogen) atoms. The molecule has 18 nitrogen and oxygen atoms in total. The zero-order valence-electron chi connectivity index (χ0n) is 41.4. The molecule has 6 heterocycles. The minimum absolute atomic E-state index is 0.000665. The van der Waals surface area contributed by atoms with Crippen molar-refractivity contribution >= 4 is 76.1 Å². The lowest BCUT2D eigenvalue weighted by molar-refractivity contribution is 0.0624. The van der Waals surface area contributed by atoms with E-state index < -0.39 is 23.4 Å². The van der Waals surface area contributed by atoms with E-state index in [0.29, 0.717) is 76.1 Å². The van der Waals surface area contributed by atoms with Crippen LogP contribution in [0.2, 0.25) is 15.3 Å². The number of carbonyl (C=O) groups is 4. The Balaban J connectivity index is 0.000000199. The van der Waals surface area contributed by atoms with Crippen molar-refractivity contribution in [2.75, 3.05) is 42.1 Å². The Hall–Kier alpha value is -6.99. The van der Waals surface area contributed by atoms with Gasteiger partial charge in [0.2, 0.25) is 11.2 Å². The van der Waals surface area contributed by atoms with E-state index in [1.165, 1.54) is 6.20 Å². The van der Waals surface area contributed by atoms with Gasteiger partial charge in [-0.2, -0.15) is 0 Å². The molecule has 4 amide bonds. The van der Waals surface area contributed by atoms with Gasteiger partial charge in [0.1, 0.15) is 11.2 Å². The number of hydrogen-bond acceptors (Lipinski definition) is 14. The Morgan fingerprint density at radius 3 is 1.44 bits per heavy atom. The predicted octanol–water partition coefficient (Wildman–Crippen LogP) is 10.7. The average molecular weight is 1050 g/mol. The molecular formula is C52H59Cl3N12O6. The minimum atomic E-state index is -0.581. The Morgan fingerprint density at radius 2 is 1.01 bits per heavy atom. The van der Waals surface area contributed by atoms with E-state index in [1.807, 2.05) is 34.1 Å². The standard InChI is InChI=1S/C26H29ClN6O3.C17H25N3O3.C9H5Cl2N3/c1-26(2,3)36-25(35)31-19-8-6-17(7-9-19)23(34)33-13-10-20(11-14-33)30-24-29-16-21(27)22(32-24)18-5-4-12-28-15-18;1-17(2,3)23-16(22)19-14-6-4-12(5-7-14)15(21)20-10-8-13(18)9-11-20;10-7-5-13-9(11)14-8(7)6-2-1-3-12-4-6/h4-9,12,15-16,20H,10-11,13-14H2,1-3H3,(H,31,35)(H,29,30,32);4-7,13H,8-11,18H2,1-3H3,(H,19,22);1-5H. The number of piperidine rings is 2. The van der Waals surface area contributed by atoms with Crippen LogP contribution in [0.4, 0.5) is 26.9 Å². The number of carbonyl (C=O) groups excluding carboxylic acids is 4. The highest BCUT2D eigenvalue weighted by Gasteiger charge is 2.26. The minimum Gasteiger partial charge on any atom is -0.444 e. The number of pyridine rings is 2. The van der Waals surface area contributed by atoms with Crippen LogP contribution in [0.3, 0.4) is 0 Å². The predicted molar refractivity (Wildman–Crippen MR) is 284 cm³/mol. The number of amides is 4.